The van der Waals surface area contributed by atoms with Crippen LogP contribution in [-0.2, 0) is 7.05 Å². The lowest BCUT2D eigenvalue weighted by molar-refractivity contribution is 0.102. The highest BCUT2D eigenvalue weighted by molar-refractivity contribution is 6.13. The summed E-state index contributed by atoms with van der Waals surface area (Å²) >= 11 is 0. The van der Waals surface area contributed by atoms with Crippen LogP contribution in [-0.4, -0.2) is 27.3 Å². The minimum absolute atomic E-state index is 0.241. The van der Waals surface area contributed by atoms with Crippen LogP contribution in [0.15, 0.2) is 54.6 Å². The highest BCUT2D eigenvalue weighted by Gasteiger charge is 2.19. The summed E-state index contributed by atoms with van der Waals surface area (Å²) in [6, 6.07) is 16.5. The van der Waals surface area contributed by atoms with Crippen molar-refractivity contribution in [3.05, 3.63) is 71.5 Å². The molecule has 31 heavy (non-hydrogen) atoms. The first-order valence-electron chi connectivity index (χ1n) is 10.1. The average Bonchev–Trinajstić information content (AvgIpc) is 3.03. The van der Waals surface area contributed by atoms with Crippen LogP contribution >= 0.6 is 0 Å². The van der Waals surface area contributed by atoms with E-state index in [9.17, 15) is 4.79 Å². The number of amides is 1. The van der Waals surface area contributed by atoms with Gasteiger partial charge in [-0.25, -0.2) is 4.98 Å². The molecular weight excluding hydrogens is 392 g/mol. The summed E-state index contributed by atoms with van der Waals surface area (Å²) in [5.74, 6) is 1.73. The zero-order valence-electron chi connectivity index (χ0n) is 18.0. The van der Waals surface area contributed by atoms with Gasteiger partial charge in [-0.15, -0.1) is 0 Å². The molecule has 0 unspecified atom stereocenters. The molecule has 2 heterocycles. The van der Waals surface area contributed by atoms with Crippen molar-refractivity contribution in [1.82, 2.24) is 14.8 Å². The molecule has 4 rings (SSSR count). The molecule has 0 saturated heterocycles. The molecule has 0 fully saturated rings. The van der Waals surface area contributed by atoms with Crippen LogP contribution < -0.4 is 14.8 Å². The first-order valence-corrected chi connectivity index (χ1v) is 10.1. The third kappa shape index (κ3) is 4.21. The Labute approximate surface area is 180 Å². The molecule has 0 saturated carbocycles. The number of rotatable bonds is 6. The van der Waals surface area contributed by atoms with E-state index in [4.69, 9.17) is 9.47 Å². The predicted molar refractivity (Wildman–Crippen MR) is 120 cm³/mol. The monoisotopic (exact) mass is 416 g/mol. The molecule has 0 aliphatic carbocycles. The van der Waals surface area contributed by atoms with E-state index in [0.29, 0.717) is 35.0 Å². The van der Waals surface area contributed by atoms with Crippen molar-refractivity contribution in [3.63, 3.8) is 0 Å². The zero-order chi connectivity index (χ0) is 22.0. The second-order valence-corrected chi connectivity index (χ2v) is 7.18. The molecule has 0 spiro atoms. The molecular formula is C24H24N4O3. The van der Waals surface area contributed by atoms with Gasteiger partial charge in [-0.2, -0.15) is 5.10 Å². The van der Waals surface area contributed by atoms with Crippen LogP contribution in [0.2, 0.25) is 0 Å². The SMILES string of the molecule is CCOc1ccc(Oc2ccccc2NC(=O)c2cc(C)nc3c2c(C)nn3C)cc1. The lowest BCUT2D eigenvalue weighted by Crippen LogP contribution is -2.14. The number of benzene rings is 2. The van der Waals surface area contributed by atoms with Gasteiger partial charge in [0.15, 0.2) is 11.4 Å². The van der Waals surface area contributed by atoms with E-state index in [1.165, 1.54) is 0 Å². The Morgan fingerprint density at radius 3 is 2.52 bits per heavy atom. The topological polar surface area (TPSA) is 78.3 Å². The van der Waals surface area contributed by atoms with Gasteiger partial charge in [0.2, 0.25) is 0 Å². The van der Waals surface area contributed by atoms with Gasteiger partial charge < -0.3 is 14.8 Å². The number of ether oxygens (including phenoxy) is 2. The van der Waals surface area contributed by atoms with Crippen LogP contribution in [0.5, 0.6) is 17.2 Å². The van der Waals surface area contributed by atoms with E-state index >= 15 is 0 Å². The van der Waals surface area contributed by atoms with E-state index in [0.717, 1.165) is 22.5 Å². The highest BCUT2D eigenvalue weighted by atomic mass is 16.5. The van der Waals surface area contributed by atoms with Gasteiger partial charge in [0.1, 0.15) is 11.5 Å². The maximum absolute atomic E-state index is 13.2. The van der Waals surface area contributed by atoms with Gasteiger partial charge in [-0.3, -0.25) is 9.48 Å². The lowest BCUT2D eigenvalue weighted by atomic mass is 10.1. The smallest absolute Gasteiger partial charge is 0.256 e. The number of fused-ring (bicyclic) bond motifs is 1. The molecule has 158 valence electrons. The van der Waals surface area contributed by atoms with Crippen LogP contribution in [0.1, 0.15) is 28.7 Å². The Kier molecular flexibility index (Phi) is 5.58. The lowest BCUT2D eigenvalue weighted by Gasteiger charge is -2.13. The first-order chi connectivity index (χ1) is 15.0. The van der Waals surface area contributed by atoms with Gasteiger partial charge >= 0.3 is 0 Å². The van der Waals surface area contributed by atoms with E-state index in [2.05, 4.69) is 15.4 Å². The van der Waals surface area contributed by atoms with E-state index in [-0.39, 0.29) is 5.91 Å². The number of carbonyl (C=O) groups is 1. The van der Waals surface area contributed by atoms with Crippen molar-refractivity contribution in [2.24, 2.45) is 7.05 Å². The summed E-state index contributed by atoms with van der Waals surface area (Å²) in [5, 5.41) is 8.14. The molecule has 7 nitrogen and oxygen atoms in total. The number of hydrogen-bond acceptors (Lipinski definition) is 5. The van der Waals surface area contributed by atoms with E-state index < -0.39 is 0 Å². The summed E-state index contributed by atoms with van der Waals surface area (Å²) in [6.45, 7) is 6.28. The average molecular weight is 416 g/mol. The number of para-hydroxylation sites is 2. The molecule has 2 aromatic carbocycles. The molecule has 0 bridgehead atoms. The maximum Gasteiger partial charge on any atom is 0.256 e. The largest absolute Gasteiger partial charge is 0.494 e. The summed E-state index contributed by atoms with van der Waals surface area (Å²) in [5.41, 5.74) is 3.30. The molecule has 1 N–H and O–H groups in total. The number of anilines is 1. The van der Waals surface area contributed by atoms with Crippen LogP contribution in [0.4, 0.5) is 5.69 Å². The number of pyridine rings is 1. The number of nitrogens with zero attached hydrogens (tertiary/aromatic N) is 3. The van der Waals surface area contributed by atoms with Gasteiger partial charge in [0, 0.05) is 12.7 Å². The second kappa shape index (κ2) is 8.47. The van der Waals surface area contributed by atoms with Crippen molar-refractivity contribution in [2.75, 3.05) is 11.9 Å². The predicted octanol–water partition coefficient (Wildman–Crippen LogP) is 5.03. The van der Waals surface area contributed by atoms with Crippen molar-refractivity contribution in [2.45, 2.75) is 20.8 Å². The minimum atomic E-state index is -0.241. The standard InChI is InChI=1S/C24H24N4O3/c1-5-30-17-10-12-18(13-11-17)31-21-9-7-6-8-20(21)26-24(29)19-14-15(2)25-23-22(19)16(3)27-28(23)4/h6-14H,5H2,1-4H3,(H,26,29). The fraction of sp³-hybridized carbons (Fsp3) is 0.208. The molecule has 0 aliphatic rings. The number of aromatic nitrogens is 3. The summed E-state index contributed by atoms with van der Waals surface area (Å²) in [4.78, 5) is 17.7. The van der Waals surface area contributed by atoms with Crippen LogP contribution in [0.3, 0.4) is 0 Å². The fourth-order valence-corrected chi connectivity index (χ4v) is 3.50. The summed E-state index contributed by atoms with van der Waals surface area (Å²) in [7, 11) is 1.82. The number of hydrogen-bond donors (Lipinski definition) is 1. The number of aryl methyl sites for hydroxylation is 3. The maximum atomic E-state index is 13.2. The van der Waals surface area contributed by atoms with Crippen molar-refractivity contribution < 1.29 is 14.3 Å². The molecule has 0 aliphatic heterocycles. The van der Waals surface area contributed by atoms with E-state index in [1.54, 1.807) is 10.7 Å². The molecule has 4 aromatic rings. The molecule has 7 heteroatoms. The first kappa shape index (κ1) is 20.4. The van der Waals surface area contributed by atoms with E-state index in [1.807, 2.05) is 76.3 Å². The quantitative estimate of drug-likeness (QED) is 0.477. The normalized spacial score (nSPS) is 10.8. The molecule has 0 radical (unpaired) electrons. The fourth-order valence-electron chi connectivity index (χ4n) is 3.50. The Balaban J connectivity index is 1.62. The molecule has 0 atom stereocenters. The Morgan fingerprint density at radius 2 is 1.77 bits per heavy atom. The Hall–Kier alpha value is -3.87. The number of nitrogens with one attached hydrogen (secondary N) is 1. The van der Waals surface area contributed by atoms with Gasteiger partial charge in [-0.1, -0.05) is 12.1 Å². The highest BCUT2D eigenvalue weighted by Crippen LogP contribution is 2.31. The zero-order valence-corrected chi connectivity index (χ0v) is 18.0. The van der Waals surface area contributed by atoms with Gasteiger partial charge in [0.05, 0.1) is 28.9 Å². The summed E-state index contributed by atoms with van der Waals surface area (Å²) in [6.07, 6.45) is 0. The summed E-state index contributed by atoms with van der Waals surface area (Å²) < 4.78 is 13.2. The van der Waals surface area contributed by atoms with Crippen molar-refractivity contribution >= 4 is 22.6 Å². The molecule has 2 aromatic heterocycles. The van der Waals surface area contributed by atoms with Gasteiger partial charge in [0.25, 0.3) is 5.91 Å². The van der Waals surface area contributed by atoms with Gasteiger partial charge in [-0.05, 0) is 63.2 Å². The second-order valence-electron chi connectivity index (χ2n) is 7.18. The van der Waals surface area contributed by atoms with Crippen molar-refractivity contribution in [1.29, 1.82) is 0 Å². The Bertz CT molecular complexity index is 1250. The number of carbonyl (C=O) groups excluding carboxylic acids is 1. The van der Waals surface area contributed by atoms with Crippen LogP contribution in [0, 0.1) is 13.8 Å². The van der Waals surface area contributed by atoms with Crippen molar-refractivity contribution in [3.8, 4) is 17.2 Å². The third-order valence-corrected chi connectivity index (χ3v) is 4.84. The molecule has 1 amide bonds. The minimum Gasteiger partial charge on any atom is -0.494 e. The third-order valence-electron chi connectivity index (χ3n) is 4.84. The Morgan fingerprint density at radius 1 is 1.06 bits per heavy atom. The van der Waals surface area contributed by atoms with Crippen LogP contribution in [0.25, 0.3) is 11.0 Å².